The molecule has 2 saturated heterocycles. The average molecular weight is 767 g/mol. The summed E-state index contributed by atoms with van der Waals surface area (Å²) in [5.41, 5.74) is 2.98. The molecule has 6 nitrogen and oxygen atoms in total. The van der Waals surface area contributed by atoms with Crippen molar-refractivity contribution >= 4 is 33.1 Å². The smallest absolute Gasteiger partial charge is 0.167 e. The van der Waals surface area contributed by atoms with Crippen LogP contribution in [0.3, 0.4) is 0 Å². The van der Waals surface area contributed by atoms with Crippen LogP contribution in [0.25, 0.3) is 21.5 Å². The Labute approximate surface area is 340 Å². The van der Waals surface area contributed by atoms with Gasteiger partial charge in [-0.1, -0.05) is 99.8 Å². The zero-order chi connectivity index (χ0) is 39.7. The lowest BCUT2D eigenvalue weighted by atomic mass is 9.75. The van der Waals surface area contributed by atoms with Crippen molar-refractivity contribution < 1.29 is 19.1 Å². The third-order valence-corrected chi connectivity index (χ3v) is 12.9. The predicted molar refractivity (Wildman–Crippen MR) is 234 cm³/mol. The maximum absolute atomic E-state index is 13.8. The second kappa shape index (κ2) is 19.3. The number of Topliss-reactive ketones (excluding diaryl/α,β-unsaturated/α-hetero) is 2. The second-order valence-corrected chi connectivity index (χ2v) is 16.7. The molecule has 6 heteroatoms. The van der Waals surface area contributed by atoms with E-state index in [1.54, 1.807) is 14.2 Å². The van der Waals surface area contributed by atoms with Crippen molar-refractivity contribution in [2.24, 2.45) is 11.8 Å². The van der Waals surface area contributed by atoms with Gasteiger partial charge in [-0.2, -0.15) is 0 Å². The average Bonchev–Trinajstić information content (AvgIpc) is 3.22. The number of nitrogens with zero attached hydrogens (tertiary/aromatic N) is 2. The molecule has 2 aliphatic carbocycles. The first-order valence-corrected chi connectivity index (χ1v) is 21.7. The number of carbonyl (C=O) groups excluding carboxylic acids is 2. The minimum absolute atomic E-state index is 0.0115. The molecule has 0 aromatic heterocycles. The van der Waals surface area contributed by atoms with Crippen LogP contribution in [0.2, 0.25) is 0 Å². The van der Waals surface area contributed by atoms with Gasteiger partial charge in [0.25, 0.3) is 0 Å². The molecule has 0 N–H and O–H groups in total. The molecule has 5 aromatic rings. The number of piperidine rings is 2. The fourth-order valence-corrected chi connectivity index (χ4v) is 9.19. The summed E-state index contributed by atoms with van der Waals surface area (Å²) in [4.78, 5) is 31.9. The summed E-state index contributed by atoms with van der Waals surface area (Å²) >= 11 is 0. The zero-order valence-electron chi connectivity index (χ0n) is 34.6. The third kappa shape index (κ3) is 9.62. The van der Waals surface area contributed by atoms with Crippen LogP contribution in [0.15, 0.2) is 103 Å². The van der Waals surface area contributed by atoms with E-state index in [9.17, 15) is 9.59 Å². The van der Waals surface area contributed by atoms with Crippen molar-refractivity contribution in [2.45, 2.75) is 96.1 Å². The summed E-state index contributed by atoms with van der Waals surface area (Å²) in [5, 5.41) is 4.41. The van der Waals surface area contributed by atoms with Gasteiger partial charge in [0.15, 0.2) is 11.6 Å². The van der Waals surface area contributed by atoms with Crippen molar-refractivity contribution in [3.8, 4) is 11.5 Å². The molecule has 0 radical (unpaired) electrons. The quantitative estimate of drug-likeness (QED) is 0.139. The van der Waals surface area contributed by atoms with Gasteiger partial charge in [-0.3, -0.25) is 19.4 Å². The van der Waals surface area contributed by atoms with E-state index in [2.05, 4.69) is 66.1 Å². The number of ketones is 2. The number of hydrogen-bond acceptors (Lipinski definition) is 6. The fourth-order valence-electron chi connectivity index (χ4n) is 9.19. The van der Waals surface area contributed by atoms with Crippen LogP contribution in [-0.4, -0.2) is 73.8 Å². The highest BCUT2D eigenvalue weighted by Gasteiger charge is 2.39. The molecule has 4 aliphatic rings. The second-order valence-electron chi connectivity index (χ2n) is 16.7. The third-order valence-electron chi connectivity index (χ3n) is 12.9. The van der Waals surface area contributed by atoms with Gasteiger partial charge < -0.3 is 9.47 Å². The first-order chi connectivity index (χ1) is 27.9. The number of rotatable bonds is 9. The Bertz CT molecular complexity index is 2110. The van der Waals surface area contributed by atoms with E-state index in [0.717, 1.165) is 89.1 Å². The molecule has 0 unspecified atom stereocenters. The molecular weight excluding hydrogens is 705 g/mol. The Morgan fingerprint density at radius 2 is 1.07 bits per heavy atom. The van der Waals surface area contributed by atoms with Crippen LogP contribution >= 0.6 is 0 Å². The van der Waals surface area contributed by atoms with E-state index in [4.69, 9.17) is 9.47 Å². The van der Waals surface area contributed by atoms with E-state index < -0.39 is 0 Å². The summed E-state index contributed by atoms with van der Waals surface area (Å²) in [6.07, 6.45) is 12.4. The molecule has 2 heterocycles. The SMILES string of the molecule is CCC.COc1ccc2cc(C(=O)[C@@H]3CN(C4CCC4)CC[C@@H]3c3ccccc3)ccc2c1.COc1ccc2cc(C(=O)[C@H]3CCCN(C4CCC4)C3)ccc2c1. The van der Waals surface area contributed by atoms with Crippen LogP contribution in [0, 0.1) is 11.8 Å². The van der Waals surface area contributed by atoms with Crippen molar-refractivity contribution in [3.63, 3.8) is 0 Å². The largest absolute Gasteiger partial charge is 0.497 e. The van der Waals surface area contributed by atoms with Crippen LogP contribution in [0.5, 0.6) is 11.5 Å². The molecule has 9 rings (SSSR count). The van der Waals surface area contributed by atoms with E-state index in [-0.39, 0.29) is 17.6 Å². The van der Waals surface area contributed by atoms with Crippen LogP contribution < -0.4 is 9.47 Å². The highest BCUT2D eigenvalue weighted by molar-refractivity contribution is 6.02. The van der Waals surface area contributed by atoms with Gasteiger partial charge in [0.1, 0.15) is 11.5 Å². The summed E-state index contributed by atoms with van der Waals surface area (Å²) in [6.45, 7) is 8.35. The zero-order valence-corrected chi connectivity index (χ0v) is 34.6. The Kier molecular flexibility index (Phi) is 13.8. The predicted octanol–water partition coefficient (Wildman–Crippen LogP) is 11.4. The maximum Gasteiger partial charge on any atom is 0.167 e. The molecule has 300 valence electrons. The monoisotopic (exact) mass is 766 g/mol. The van der Waals surface area contributed by atoms with Gasteiger partial charge in [0, 0.05) is 48.1 Å². The Morgan fingerprint density at radius 1 is 0.561 bits per heavy atom. The van der Waals surface area contributed by atoms with E-state index in [1.807, 2.05) is 60.7 Å². The lowest BCUT2D eigenvalue weighted by molar-refractivity contribution is 0.0540. The highest BCUT2D eigenvalue weighted by Crippen LogP contribution is 2.39. The van der Waals surface area contributed by atoms with Gasteiger partial charge in [0.2, 0.25) is 0 Å². The fraction of sp³-hybridized carbons (Fsp3) is 0.451. The van der Waals surface area contributed by atoms with Crippen LogP contribution in [0.1, 0.15) is 110 Å². The highest BCUT2D eigenvalue weighted by atomic mass is 16.5. The van der Waals surface area contributed by atoms with Crippen LogP contribution in [-0.2, 0) is 0 Å². The van der Waals surface area contributed by atoms with Gasteiger partial charge in [-0.05, 0) is 127 Å². The number of likely N-dealkylation sites (tertiary alicyclic amines) is 2. The molecule has 5 aromatic carbocycles. The number of methoxy groups -OCH3 is 2. The number of benzene rings is 5. The number of hydrogen-bond donors (Lipinski definition) is 0. The van der Waals surface area contributed by atoms with Crippen molar-refractivity contribution in [1.82, 2.24) is 9.80 Å². The summed E-state index contributed by atoms with van der Waals surface area (Å²) < 4.78 is 10.6. The van der Waals surface area contributed by atoms with Crippen molar-refractivity contribution in [3.05, 3.63) is 120 Å². The van der Waals surface area contributed by atoms with Gasteiger partial charge in [-0.25, -0.2) is 0 Å². The molecule has 0 bridgehead atoms. The van der Waals surface area contributed by atoms with Gasteiger partial charge in [0.05, 0.1) is 14.2 Å². The Balaban J connectivity index is 0.000000167. The first kappa shape index (κ1) is 40.7. The first-order valence-electron chi connectivity index (χ1n) is 21.7. The number of ether oxygens (including phenoxy) is 2. The van der Waals surface area contributed by atoms with Gasteiger partial charge >= 0.3 is 0 Å². The van der Waals surface area contributed by atoms with Crippen molar-refractivity contribution in [1.29, 1.82) is 0 Å². The van der Waals surface area contributed by atoms with Gasteiger partial charge in [-0.15, -0.1) is 0 Å². The Hall–Kier alpha value is -4.52. The standard InChI is InChI=1S/C27H29NO2.C21H25NO2.C3H8/c1-30-24-13-12-20-16-22(11-10-21(20)17-24)27(29)26-18-28(23-8-5-9-23)15-14-25(26)19-6-3-2-4-7-19;1-24-20-10-9-15-12-17(8-7-16(15)13-20)21(23)18-4-3-11-22(14-18)19-5-2-6-19;1-3-2/h2-4,6-7,10-13,16-17,23,25-26H,5,8-9,14-15,18H2,1H3;7-10,12-13,18-19H,2-6,11,14H2,1H3;3H2,1-2H3/t25-,26-;18-;/m10./s1. The number of fused-ring (bicyclic) bond motifs is 2. The molecule has 0 spiro atoms. The summed E-state index contributed by atoms with van der Waals surface area (Å²) in [7, 11) is 3.36. The molecule has 2 aliphatic heterocycles. The molecule has 57 heavy (non-hydrogen) atoms. The topological polar surface area (TPSA) is 59.1 Å². The molecule has 2 saturated carbocycles. The van der Waals surface area contributed by atoms with Crippen molar-refractivity contribution in [2.75, 3.05) is 40.4 Å². The van der Waals surface area contributed by atoms with E-state index >= 15 is 0 Å². The van der Waals surface area contributed by atoms with E-state index in [0.29, 0.717) is 17.7 Å². The molecule has 4 fully saturated rings. The number of carbonyl (C=O) groups is 2. The lowest BCUT2D eigenvalue weighted by Crippen LogP contribution is -2.49. The Morgan fingerprint density at radius 3 is 1.60 bits per heavy atom. The summed E-state index contributed by atoms with van der Waals surface area (Å²) in [6, 6.07) is 36.2. The normalized spacial score (nSPS) is 21.6. The summed E-state index contributed by atoms with van der Waals surface area (Å²) in [5.74, 6) is 2.76. The maximum atomic E-state index is 13.8. The lowest BCUT2D eigenvalue weighted by Gasteiger charge is -2.45. The molecule has 3 atom stereocenters. The van der Waals surface area contributed by atoms with E-state index in [1.165, 1.54) is 57.1 Å². The molecular formula is C51H62N2O4. The molecule has 0 amide bonds. The minimum Gasteiger partial charge on any atom is -0.497 e. The van der Waals surface area contributed by atoms with Crippen LogP contribution in [0.4, 0.5) is 0 Å². The minimum atomic E-state index is 0.0115.